The van der Waals surface area contributed by atoms with E-state index in [0.29, 0.717) is 24.9 Å². The summed E-state index contributed by atoms with van der Waals surface area (Å²) in [5, 5.41) is 13.4. The second-order valence-electron chi connectivity index (χ2n) is 8.79. The highest BCUT2D eigenvalue weighted by Gasteiger charge is 2.46. The maximum absolute atomic E-state index is 14.3. The molecular formula is C23H26FN7O2. The van der Waals surface area contributed by atoms with Crippen molar-refractivity contribution in [2.45, 2.75) is 51.2 Å². The topological polar surface area (TPSA) is 108 Å². The fourth-order valence-electron chi connectivity index (χ4n) is 4.35. The number of nitrogens with zero attached hydrogens (tertiary/aromatic N) is 4. The molecule has 5 rings (SSSR count). The molecule has 3 aromatic rings. The van der Waals surface area contributed by atoms with Crippen LogP contribution >= 0.6 is 0 Å². The lowest BCUT2D eigenvalue weighted by Gasteiger charge is -2.32. The molecule has 0 unspecified atom stereocenters. The first-order valence-corrected chi connectivity index (χ1v) is 11.0. The fraction of sp³-hybridized carbons (Fsp3) is 0.391. The van der Waals surface area contributed by atoms with E-state index in [0.717, 1.165) is 23.9 Å². The van der Waals surface area contributed by atoms with E-state index in [9.17, 15) is 9.18 Å². The first-order valence-electron chi connectivity index (χ1n) is 11.0. The third-order valence-electron chi connectivity index (χ3n) is 6.27. The number of rotatable bonds is 6. The van der Waals surface area contributed by atoms with Gasteiger partial charge < -0.3 is 20.3 Å². The van der Waals surface area contributed by atoms with Gasteiger partial charge in [0.25, 0.3) is 0 Å². The normalized spacial score (nSPS) is 20.3. The van der Waals surface area contributed by atoms with Crippen LogP contribution in [0, 0.1) is 5.82 Å². The SMILES string of the molecule is CCOc1ncc(F)c(Nc2n[nH]c3c2CN(C(=O)N[C@H]2C[C@@H]2c2ccccc2)C3(C)C)n1. The number of carbonyl (C=O) groups is 1. The minimum Gasteiger partial charge on any atom is -0.464 e. The molecular weight excluding hydrogens is 425 g/mol. The van der Waals surface area contributed by atoms with Gasteiger partial charge in [-0.2, -0.15) is 10.1 Å². The van der Waals surface area contributed by atoms with E-state index in [-0.39, 0.29) is 23.9 Å². The number of carbonyl (C=O) groups excluding carboxylic acids is 1. The number of ether oxygens (including phenoxy) is 1. The Morgan fingerprint density at radius 3 is 2.85 bits per heavy atom. The van der Waals surface area contributed by atoms with Crippen LogP contribution in [-0.2, 0) is 12.1 Å². The lowest BCUT2D eigenvalue weighted by molar-refractivity contribution is 0.142. The van der Waals surface area contributed by atoms with Crippen molar-refractivity contribution in [3.05, 3.63) is 59.2 Å². The molecule has 2 atom stereocenters. The first-order chi connectivity index (χ1) is 15.9. The van der Waals surface area contributed by atoms with Gasteiger partial charge in [0.15, 0.2) is 17.5 Å². The van der Waals surface area contributed by atoms with E-state index in [1.807, 2.05) is 32.0 Å². The smallest absolute Gasteiger partial charge is 0.318 e. The molecule has 2 aliphatic rings. The number of hydrogen-bond donors (Lipinski definition) is 3. The van der Waals surface area contributed by atoms with Gasteiger partial charge in [0, 0.05) is 17.5 Å². The molecule has 33 heavy (non-hydrogen) atoms. The van der Waals surface area contributed by atoms with Crippen molar-refractivity contribution in [1.82, 2.24) is 30.4 Å². The third-order valence-corrected chi connectivity index (χ3v) is 6.27. The number of amides is 2. The number of hydrogen-bond acceptors (Lipinski definition) is 6. The third kappa shape index (κ3) is 3.85. The van der Waals surface area contributed by atoms with Crippen molar-refractivity contribution >= 4 is 17.7 Å². The molecule has 1 fully saturated rings. The molecule has 1 aliphatic heterocycles. The van der Waals surface area contributed by atoms with Crippen LogP contribution in [0.4, 0.5) is 20.8 Å². The summed E-state index contributed by atoms with van der Waals surface area (Å²) in [4.78, 5) is 22.8. The van der Waals surface area contributed by atoms with Crippen LogP contribution in [0.3, 0.4) is 0 Å². The molecule has 0 bridgehead atoms. The zero-order valence-corrected chi connectivity index (χ0v) is 18.7. The predicted molar refractivity (Wildman–Crippen MR) is 120 cm³/mol. The molecule has 172 valence electrons. The van der Waals surface area contributed by atoms with Crippen molar-refractivity contribution in [1.29, 1.82) is 0 Å². The van der Waals surface area contributed by atoms with Crippen LogP contribution in [-0.4, -0.2) is 43.7 Å². The molecule has 1 aromatic carbocycles. The van der Waals surface area contributed by atoms with Gasteiger partial charge in [-0.15, -0.1) is 0 Å². The fourth-order valence-corrected chi connectivity index (χ4v) is 4.35. The number of benzene rings is 1. The predicted octanol–water partition coefficient (Wildman–Crippen LogP) is 3.80. The summed E-state index contributed by atoms with van der Waals surface area (Å²) in [5.41, 5.74) is 2.23. The number of urea groups is 1. The highest BCUT2D eigenvalue weighted by atomic mass is 19.1. The van der Waals surface area contributed by atoms with Gasteiger partial charge >= 0.3 is 12.0 Å². The number of H-pyrrole nitrogens is 1. The first kappa shape index (κ1) is 21.2. The summed E-state index contributed by atoms with van der Waals surface area (Å²) in [6, 6.07) is 10.3. The van der Waals surface area contributed by atoms with E-state index in [1.54, 1.807) is 11.8 Å². The number of fused-ring (bicyclic) bond motifs is 1. The Labute approximate surface area is 190 Å². The minimum absolute atomic E-state index is 0.0351. The summed E-state index contributed by atoms with van der Waals surface area (Å²) < 4.78 is 19.5. The number of halogens is 1. The van der Waals surface area contributed by atoms with Crippen LogP contribution in [0.15, 0.2) is 36.5 Å². The molecule has 9 nitrogen and oxygen atoms in total. The number of anilines is 2. The minimum atomic E-state index is -0.622. The summed E-state index contributed by atoms with van der Waals surface area (Å²) in [5.74, 6) is 0.106. The summed E-state index contributed by atoms with van der Waals surface area (Å²) >= 11 is 0. The second-order valence-corrected chi connectivity index (χ2v) is 8.79. The van der Waals surface area contributed by atoms with Gasteiger partial charge in [-0.3, -0.25) is 5.10 Å². The Kier molecular flexibility index (Phi) is 5.15. The van der Waals surface area contributed by atoms with E-state index in [2.05, 4.69) is 42.9 Å². The van der Waals surface area contributed by atoms with E-state index < -0.39 is 11.4 Å². The highest BCUT2D eigenvalue weighted by Crippen LogP contribution is 2.43. The van der Waals surface area contributed by atoms with Crippen molar-refractivity contribution < 1.29 is 13.9 Å². The molecule has 0 saturated heterocycles. The van der Waals surface area contributed by atoms with Crippen LogP contribution < -0.4 is 15.4 Å². The quantitative estimate of drug-likeness (QED) is 0.526. The summed E-state index contributed by atoms with van der Waals surface area (Å²) in [7, 11) is 0. The lowest BCUT2D eigenvalue weighted by atomic mass is 10.0. The summed E-state index contributed by atoms with van der Waals surface area (Å²) in [6.07, 6.45) is 1.98. The van der Waals surface area contributed by atoms with E-state index >= 15 is 0 Å². The van der Waals surface area contributed by atoms with Gasteiger partial charge in [0.1, 0.15) is 0 Å². The van der Waals surface area contributed by atoms with Crippen molar-refractivity contribution in [2.75, 3.05) is 11.9 Å². The van der Waals surface area contributed by atoms with Crippen LogP contribution in [0.5, 0.6) is 6.01 Å². The highest BCUT2D eigenvalue weighted by molar-refractivity contribution is 5.78. The van der Waals surface area contributed by atoms with Gasteiger partial charge in [-0.1, -0.05) is 30.3 Å². The Bertz CT molecular complexity index is 1180. The van der Waals surface area contributed by atoms with Gasteiger partial charge in [0.2, 0.25) is 0 Å². The summed E-state index contributed by atoms with van der Waals surface area (Å²) in [6.45, 7) is 6.42. The molecule has 3 heterocycles. The Morgan fingerprint density at radius 2 is 2.09 bits per heavy atom. The molecule has 0 radical (unpaired) electrons. The Balaban J connectivity index is 1.31. The second kappa shape index (κ2) is 8.02. The monoisotopic (exact) mass is 451 g/mol. The molecule has 2 aromatic heterocycles. The zero-order chi connectivity index (χ0) is 23.2. The number of nitrogens with one attached hydrogen (secondary N) is 3. The maximum atomic E-state index is 14.3. The zero-order valence-electron chi connectivity index (χ0n) is 18.7. The van der Waals surface area contributed by atoms with Crippen LogP contribution in [0.1, 0.15) is 49.9 Å². The van der Waals surface area contributed by atoms with Crippen LogP contribution in [0.2, 0.25) is 0 Å². The van der Waals surface area contributed by atoms with Gasteiger partial charge in [-0.05, 0) is 32.8 Å². The average molecular weight is 452 g/mol. The number of aromatic amines is 1. The van der Waals surface area contributed by atoms with E-state index in [1.165, 1.54) is 5.56 Å². The lowest BCUT2D eigenvalue weighted by Crippen LogP contribution is -2.47. The Hall–Kier alpha value is -3.69. The molecule has 3 N–H and O–H groups in total. The van der Waals surface area contributed by atoms with Crippen LogP contribution in [0.25, 0.3) is 0 Å². The maximum Gasteiger partial charge on any atom is 0.318 e. The largest absolute Gasteiger partial charge is 0.464 e. The Morgan fingerprint density at radius 1 is 1.30 bits per heavy atom. The molecule has 0 spiro atoms. The van der Waals surface area contributed by atoms with Crippen molar-refractivity contribution in [2.24, 2.45) is 0 Å². The van der Waals surface area contributed by atoms with Crippen molar-refractivity contribution in [3.8, 4) is 6.01 Å². The molecule has 10 heteroatoms. The molecule has 2 amide bonds. The standard InChI is InChI=1S/C23H26FN7O2/c1-4-33-21-25-11-16(24)20(28-21)27-19-15-12-31(23(2,3)18(15)29-30-19)22(32)26-17-10-14(17)13-8-6-5-7-9-13/h5-9,11,14,17H,4,10,12H2,1-3H3,(H,26,32)(H2,25,27,28,29,30)/t14-,17+/m1/s1. The van der Waals surface area contributed by atoms with Gasteiger partial charge in [-0.25, -0.2) is 14.2 Å². The van der Waals surface area contributed by atoms with Gasteiger partial charge in [0.05, 0.1) is 30.6 Å². The average Bonchev–Trinajstić information content (AvgIpc) is 3.35. The molecule has 1 saturated carbocycles. The number of aromatic nitrogens is 4. The van der Waals surface area contributed by atoms with Crippen molar-refractivity contribution in [3.63, 3.8) is 0 Å². The van der Waals surface area contributed by atoms with E-state index in [4.69, 9.17) is 4.74 Å². The molecule has 1 aliphatic carbocycles.